The van der Waals surface area contributed by atoms with Crippen molar-refractivity contribution in [1.82, 2.24) is 25.2 Å². The number of benzene rings is 2. The Morgan fingerprint density at radius 3 is 2.80 bits per heavy atom. The van der Waals surface area contributed by atoms with Gasteiger partial charge in [-0.2, -0.15) is 0 Å². The summed E-state index contributed by atoms with van der Waals surface area (Å²) in [7, 11) is 0. The Morgan fingerprint density at radius 1 is 1.12 bits per heavy atom. The Labute approximate surface area is 144 Å². The van der Waals surface area contributed by atoms with Crippen LogP contribution in [0.15, 0.2) is 65.5 Å². The van der Waals surface area contributed by atoms with Gasteiger partial charge < -0.3 is 9.73 Å². The SMILES string of the molecule is Cc1ccc(NCc2coc(-c3ccccc3)n2)cc1-n1cnnn1. The maximum atomic E-state index is 5.56. The Bertz CT molecular complexity index is 962. The Kier molecular flexibility index (Phi) is 3.96. The van der Waals surface area contributed by atoms with Crippen molar-refractivity contribution >= 4 is 5.69 Å². The number of anilines is 1. The van der Waals surface area contributed by atoms with Crippen molar-refractivity contribution < 1.29 is 4.42 Å². The van der Waals surface area contributed by atoms with E-state index >= 15 is 0 Å². The molecule has 0 unspecified atom stereocenters. The first-order valence-electron chi connectivity index (χ1n) is 7.87. The van der Waals surface area contributed by atoms with Gasteiger partial charge in [0.1, 0.15) is 12.6 Å². The molecule has 0 fully saturated rings. The van der Waals surface area contributed by atoms with E-state index in [4.69, 9.17) is 4.42 Å². The maximum absolute atomic E-state index is 5.56. The van der Waals surface area contributed by atoms with E-state index in [1.54, 1.807) is 17.3 Å². The van der Waals surface area contributed by atoms with Gasteiger partial charge in [0.25, 0.3) is 0 Å². The van der Waals surface area contributed by atoms with Gasteiger partial charge in [0.15, 0.2) is 0 Å². The summed E-state index contributed by atoms with van der Waals surface area (Å²) in [6.07, 6.45) is 3.25. The van der Waals surface area contributed by atoms with Crippen molar-refractivity contribution in [3.8, 4) is 17.1 Å². The van der Waals surface area contributed by atoms with Gasteiger partial charge in [-0.1, -0.05) is 24.3 Å². The fraction of sp³-hybridized carbons (Fsp3) is 0.111. The monoisotopic (exact) mass is 332 g/mol. The largest absolute Gasteiger partial charge is 0.444 e. The molecule has 1 N–H and O–H groups in total. The summed E-state index contributed by atoms with van der Waals surface area (Å²) < 4.78 is 7.20. The van der Waals surface area contributed by atoms with E-state index in [-0.39, 0.29) is 0 Å². The lowest BCUT2D eigenvalue weighted by Gasteiger charge is -2.09. The maximum Gasteiger partial charge on any atom is 0.226 e. The van der Waals surface area contributed by atoms with Crippen LogP contribution in [0.4, 0.5) is 5.69 Å². The van der Waals surface area contributed by atoms with Crippen LogP contribution in [0.3, 0.4) is 0 Å². The smallest absolute Gasteiger partial charge is 0.226 e. The van der Waals surface area contributed by atoms with E-state index in [2.05, 4.69) is 25.8 Å². The number of nitrogens with zero attached hydrogens (tertiary/aromatic N) is 5. The van der Waals surface area contributed by atoms with Gasteiger partial charge in [-0.25, -0.2) is 9.67 Å². The molecule has 0 atom stereocenters. The normalized spacial score (nSPS) is 10.8. The molecule has 0 saturated heterocycles. The molecule has 0 spiro atoms. The highest BCUT2D eigenvalue weighted by Crippen LogP contribution is 2.21. The van der Waals surface area contributed by atoms with Gasteiger partial charge in [-0.3, -0.25) is 0 Å². The molecule has 0 aliphatic heterocycles. The molecule has 7 nitrogen and oxygen atoms in total. The van der Waals surface area contributed by atoms with Gasteiger partial charge in [-0.15, -0.1) is 5.10 Å². The number of aromatic nitrogens is 5. The number of tetrazole rings is 1. The number of hydrogen-bond donors (Lipinski definition) is 1. The number of nitrogens with one attached hydrogen (secondary N) is 1. The van der Waals surface area contributed by atoms with Crippen LogP contribution < -0.4 is 5.32 Å². The minimum atomic E-state index is 0.564. The van der Waals surface area contributed by atoms with Gasteiger partial charge in [-0.05, 0) is 47.2 Å². The van der Waals surface area contributed by atoms with Crippen molar-refractivity contribution in [1.29, 1.82) is 0 Å². The van der Waals surface area contributed by atoms with E-state index in [0.29, 0.717) is 12.4 Å². The third kappa shape index (κ3) is 3.25. The predicted octanol–water partition coefficient (Wildman–Crippen LogP) is 3.24. The molecule has 2 aromatic carbocycles. The molecule has 4 rings (SSSR count). The average molecular weight is 332 g/mol. The van der Waals surface area contributed by atoms with Crippen molar-refractivity contribution in [2.45, 2.75) is 13.5 Å². The van der Waals surface area contributed by atoms with Crippen LogP contribution >= 0.6 is 0 Å². The Hall–Kier alpha value is -3.48. The van der Waals surface area contributed by atoms with Crippen LogP contribution in [0.5, 0.6) is 0 Å². The molecular weight excluding hydrogens is 316 g/mol. The van der Waals surface area contributed by atoms with E-state index < -0.39 is 0 Å². The van der Waals surface area contributed by atoms with Crippen molar-refractivity contribution in [2.24, 2.45) is 0 Å². The molecule has 2 aromatic heterocycles. The Morgan fingerprint density at radius 2 is 2.00 bits per heavy atom. The molecule has 2 heterocycles. The van der Waals surface area contributed by atoms with Crippen LogP contribution in [0.25, 0.3) is 17.1 Å². The minimum absolute atomic E-state index is 0.564. The highest BCUT2D eigenvalue weighted by molar-refractivity contribution is 5.55. The Balaban J connectivity index is 1.49. The standard InChI is InChI=1S/C18H16N6O/c1-13-7-8-15(9-17(13)24-12-20-22-23-24)19-10-16-11-25-18(21-16)14-5-3-2-4-6-14/h2-9,11-12,19H,10H2,1H3. The summed E-state index contributed by atoms with van der Waals surface area (Å²) in [5, 5.41) is 14.7. The lowest BCUT2D eigenvalue weighted by Crippen LogP contribution is -2.03. The molecule has 124 valence electrons. The number of oxazole rings is 1. The summed E-state index contributed by atoms with van der Waals surface area (Å²) in [5.41, 5.74) is 4.78. The summed E-state index contributed by atoms with van der Waals surface area (Å²) in [4.78, 5) is 4.52. The molecule has 0 amide bonds. The van der Waals surface area contributed by atoms with Crippen LogP contribution in [-0.2, 0) is 6.54 Å². The van der Waals surface area contributed by atoms with Crippen molar-refractivity contribution in [3.05, 3.63) is 72.4 Å². The first-order chi connectivity index (χ1) is 12.3. The average Bonchev–Trinajstić information content (AvgIpc) is 3.34. The summed E-state index contributed by atoms with van der Waals surface area (Å²) in [6, 6.07) is 15.9. The first kappa shape index (κ1) is 15.1. The van der Waals surface area contributed by atoms with E-state index in [1.807, 2.05) is 55.5 Å². The fourth-order valence-corrected chi connectivity index (χ4v) is 2.53. The second-order valence-electron chi connectivity index (χ2n) is 5.62. The molecule has 0 bridgehead atoms. The summed E-state index contributed by atoms with van der Waals surface area (Å²) >= 11 is 0. The summed E-state index contributed by atoms with van der Waals surface area (Å²) in [6.45, 7) is 2.58. The third-order valence-corrected chi connectivity index (χ3v) is 3.85. The second-order valence-corrected chi connectivity index (χ2v) is 5.62. The van der Waals surface area contributed by atoms with Crippen LogP contribution in [0.2, 0.25) is 0 Å². The zero-order chi connectivity index (χ0) is 17.1. The molecule has 0 saturated carbocycles. The van der Waals surface area contributed by atoms with Crippen molar-refractivity contribution in [3.63, 3.8) is 0 Å². The molecule has 0 aliphatic carbocycles. The lowest BCUT2D eigenvalue weighted by atomic mass is 10.2. The molecule has 7 heteroatoms. The van der Waals surface area contributed by atoms with Crippen LogP contribution in [-0.4, -0.2) is 25.2 Å². The molecule has 25 heavy (non-hydrogen) atoms. The van der Waals surface area contributed by atoms with E-state index in [9.17, 15) is 0 Å². The second kappa shape index (κ2) is 6.56. The highest BCUT2D eigenvalue weighted by Gasteiger charge is 2.07. The quantitative estimate of drug-likeness (QED) is 0.604. The van der Waals surface area contributed by atoms with Crippen molar-refractivity contribution in [2.75, 3.05) is 5.32 Å². The topological polar surface area (TPSA) is 81.7 Å². The fourth-order valence-electron chi connectivity index (χ4n) is 2.53. The van der Waals surface area contributed by atoms with Gasteiger partial charge in [0.05, 0.1) is 17.9 Å². The van der Waals surface area contributed by atoms with Crippen LogP contribution in [0, 0.1) is 6.92 Å². The lowest BCUT2D eigenvalue weighted by molar-refractivity contribution is 0.573. The molecule has 0 radical (unpaired) electrons. The number of hydrogen-bond acceptors (Lipinski definition) is 6. The van der Waals surface area contributed by atoms with Gasteiger partial charge >= 0.3 is 0 Å². The van der Waals surface area contributed by atoms with E-state index in [0.717, 1.165) is 28.2 Å². The van der Waals surface area contributed by atoms with Crippen LogP contribution in [0.1, 0.15) is 11.3 Å². The predicted molar refractivity (Wildman–Crippen MR) is 93.2 cm³/mol. The highest BCUT2D eigenvalue weighted by atomic mass is 16.3. The molecule has 0 aliphatic rings. The van der Waals surface area contributed by atoms with Gasteiger partial charge in [0.2, 0.25) is 5.89 Å². The van der Waals surface area contributed by atoms with Gasteiger partial charge in [0, 0.05) is 11.3 Å². The zero-order valence-electron chi connectivity index (χ0n) is 13.6. The molecular formula is C18H16N6O. The minimum Gasteiger partial charge on any atom is -0.444 e. The summed E-state index contributed by atoms with van der Waals surface area (Å²) in [5.74, 6) is 0.621. The number of aryl methyl sites for hydroxylation is 1. The van der Waals surface area contributed by atoms with E-state index in [1.165, 1.54) is 0 Å². The molecule has 4 aromatic rings. The first-order valence-corrected chi connectivity index (χ1v) is 7.87. The zero-order valence-corrected chi connectivity index (χ0v) is 13.6. The third-order valence-electron chi connectivity index (χ3n) is 3.85. The number of rotatable bonds is 5.